The van der Waals surface area contributed by atoms with Gasteiger partial charge in [-0.15, -0.1) is 0 Å². The molecule has 5 heteroatoms. The molecule has 1 aliphatic rings. The molecule has 0 bridgehead atoms. The Hall–Kier alpha value is -0.130. The fraction of sp³-hybridized carbons (Fsp3) is 1.00. The maximum Gasteiger partial charge on any atom is 0.214 e. The Kier molecular flexibility index (Phi) is 6.48. The van der Waals surface area contributed by atoms with Crippen molar-refractivity contribution in [3.8, 4) is 0 Å². The quantitative estimate of drug-likeness (QED) is 0.820. The van der Waals surface area contributed by atoms with E-state index in [4.69, 9.17) is 0 Å². The van der Waals surface area contributed by atoms with Crippen LogP contribution in [0.5, 0.6) is 0 Å². The maximum absolute atomic E-state index is 12.6. The van der Waals surface area contributed by atoms with Gasteiger partial charge in [0, 0.05) is 12.6 Å². The average molecular weight is 305 g/mol. The van der Waals surface area contributed by atoms with E-state index < -0.39 is 10.0 Å². The van der Waals surface area contributed by atoms with Crippen molar-refractivity contribution in [2.75, 3.05) is 25.4 Å². The zero-order valence-electron chi connectivity index (χ0n) is 13.8. The maximum atomic E-state index is 12.6. The molecular weight excluding hydrogens is 272 g/mol. The highest BCUT2D eigenvalue weighted by Gasteiger charge is 2.29. The summed E-state index contributed by atoms with van der Waals surface area (Å²) in [5.41, 5.74) is 0.0577. The van der Waals surface area contributed by atoms with E-state index in [1.54, 1.807) is 4.31 Å². The zero-order valence-corrected chi connectivity index (χ0v) is 14.6. The lowest BCUT2D eigenvalue weighted by Gasteiger charge is -2.32. The van der Waals surface area contributed by atoms with Gasteiger partial charge in [-0.25, -0.2) is 8.42 Å². The molecule has 20 heavy (non-hydrogen) atoms. The molecule has 0 spiro atoms. The van der Waals surface area contributed by atoms with E-state index in [1.807, 2.05) is 13.8 Å². The Balaban J connectivity index is 2.68. The molecule has 1 unspecified atom stereocenters. The van der Waals surface area contributed by atoms with Crippen LogP contribution in [-0.2, 0) is 10.0 Å². The molecule has 0 aromatic heterocycles. The molecule has 0 aliphatic carbocycles. The minimum absolute atomic E-state index is 0.0434. The van der Waals surface area contributed by atoms with Gasteiger partial charge in [0.15, 0.2) is 0 Å². The van der Waals surface area contributed by atoms with Crippen molar-refractivity contribution in [1.82, 2.24) is 9.62 Å². The van der Waals surface area contributed by atoms with Crippen LogP contribution in [0.25, 0.3) is 0 Å². The van der Waals surface area contributed by atoms with Crippen molar-refractivity contribution < 1.29 is 8.42 Å². The second-order valence-corrected chi connectivity index (χ2v) is 9.54. The van der Waals surface area contributed by atoms with Crippen LogP contribution in [0.2, 0.25) is 0 Å². The number of nitrogens with zero attached hydrogens (tertiary/aromatic N) is 1. The third-order valence-corrected chi connectivity index (χ3v) is 5.89. The highest BCUT2D eigenvalue weighted by Crippen LogP contribution is 2.22. The van der Waals surface area contributed by atoms with E-state index in [2.05, 4.69) is 26.1 Å². The summed E-state index contributed by atoms with van der Waals surface area (Å²) < 4.78 is 26.9. The first-order chi connectivity index (χ1) is 9.12. The molecule has 0 aromatic carbocycles. The molecule has 1 heterocycles. The van der Waals surface area contributed by atoms with Gasteiger partial charge in [0.1, 0.15) is 0 Å². The van der Waals surface area contributed by atoms with Gasteiger partial charge in [-0.2, -0.15) is 4.31 Å². The first-order valence-electron chi connectivity index (χ1n) is 7.82. The minimum atomic E-state index is -3.15. The summed E-state index contributed by atoms with van der Waals surface area (Å²) >= 11 is 0. The van der Waals surface area contributed by atoms with Gasteiger partial charge in [0.25, 0.3) is 0 Å². The summed E-state index contributed by atoms with van der Waals surface area (Å²) in [5.74, 6) is 0.713. The predicted molar refractivity (Wildman–Crippen MR) is 85.3 cm³/mol. The van der Waals surface area contributed by atoms with E-state index >= 15 is 0 Å². The van der Waals surface area contributed by atoms with E-state index in [0.717, 1.165) is 25.9 Å². The van der Waals surface area contributed by atoms with Crippen LogP contribution < -0.4 is 5.32 Å². The number of rotatable bonds is 6. The first kappa shape index (κ1) is 17.9. The summed E-state index contributed by atoms with van der Waals surface area (Å²) in [4.78, 5) is 0. The van der Waals surface area contributed by atoms with Crippen LogP contribution >= 0.6 is 0 Å². The molecule has 1 aliphatic heterocycles. The lowest BCUT2D eigenvalue weighted by atomic mass is 9.94. The molecule has 1 atom stereocenters. The standard InChI is InChI=1S/C15H32N2O2S/c1-13(2)17(12-14-7-6-9-16-11-14)20(18,19)10-8-15(3,4)5/h13-14,16H,6-12H2,1-5H3. The van der Waals surface area contributed by atoms with Gasteiger partial charge < -0.3 is 5.32 Å². The second-order valence-electron chi connectivity index (χ2n) is 7.50. The fourth-order valence-electron chi connectivity index (χ4n) is 2.53. The summed E-state index contributed by atoms with van der Waals surface area (Å²) in [7, 11) is -3.15. The molecule has 1 fully saturated rings. The second kappa shape index (κ2) is 7.23. The molecule has 1 rings (SSSR count). The Morgan fingerprint density at radius 1 is 1.30 bits per heavy atom. The van der Waals surface area contributed by atoms with E-state index in [1.165, 1.54) is 0 Å². The SMILES string of the molecule is CC(C)N(CC1CCCNC1)S(=O)(=O)CCC(C)(C)C. The van der Waals surface area contributed by atoms with Crippen molar-refractivity contribution in [3.63, 3.8) is 0 Å². The smallest absolute Gasteiger partial charge is 0.214 e. The van der Waals surface area contributed by atoms with Crippen LogP contribution in [0.15, 0.2) is 0 Å². The Bertz CT molecular complexity index is 379. The lowest BCUT2D eigenvalue weighted by molar-refractivity contribution is 0.262. The zero-order chi connectivity index (χ0) is 15.4. The van der Waals surface area contributed by atoms with Crippen molar-refractivity contribution in [1.29, 1.82) is 0 Å². The Labute approximate surface area is 125 Å². The van der Waals surface area contributed by atoms with Gasteiger partial charge in [-0.05, 0) is 57.5 Å². The summed E-state index contributed by atoms with van der Waals surface area (Å²) in [5, 5.41) is 3.37. The lowest BCUT2D eigenvalue weighted by Crippen LogP contribution is -2.45. The van der Waals surface area contributed by atoms with Crippen molar-refractivity contribution in [2.24, 2.45) is 11.3 Å². The minimum Gasteiger partial charge on any atom is -0.316 e. The van der Waals surface area contributed by atoms with Crippen LogP contribution in [0, 0.1) is 11.3 Å². The van der Waals surface area contributed by atoms with E-state index in [9.17, 15) is 8.42 Å². The van der Waals surface area contributed by atoms with E-state index in [-0.39, 0.29) is 17.2 Å². The molecule has 1 saturated heterocycles. The summed E-state index contributed by atoms with van der Waals surface area (Å²) in [6.07, 6.45) is 2.99. The third-order valence-electron chi connectivity index (χ3n) is 3.88. The molecule has 120 valence electrons. The van der Waals surface area contributed by atoms with Crippen molar-refractivity contribution in [2.45, 2.75) is 59.9 Å². The normalized spacial score (nSPS) is 21.6. The number of hydrogen-bond donors (Lipinski definition) is 1. The van der Waals surface area contributed by atoms with Crippen LogP contribution in [-0.4, -0.2) is 44.2 Å². The number of piperidine rings is 1. The molecule has 0 aromatic rings. The molecular formula is C15H32N2O2S. The van der Waals surface area contributed by atoms with Crippen LogP contribution in [0.1, 0.15) is 53.9 Å². The largest absolute Gasteiger partial charge is 0.316 e. The summed E-state index contributed by atoms with van der Waals surface area (Å²) in [6, 6.07) is 0.0434. The van der Waals surface area contributed by atoms with Gasteiger partial charge in [-0.1, -0.05) is 20.8 Å². The highest BCUT2D eigenvalue weighted by molar-refractivity contribution is 7.89. The molecule has 4 nitrogen and oxygen atoms in total. The van der Waals surface area contributed by atoms with Crippen molar-refractivity contribution >= 4 is 10.0 Å². The van der Waals surface area contributed by atoms with Gasteiger partial charge in [0.2, 0.25) is 10.0 Å². The van der Waals surface area contributed by atoms with Crippen LogP contribution in [0.4, 0.5) is 0 Å². The monoisotopic (exact) mass is 304 g/mol. The topological polar surface area (TPSA) is 49.4 Å². The van der Waals surface area contributed by atoms with Gasteiger partial charge >= 0.3 is 0 Å². The summed E-state index contributed by atoms with van der Waals surface area (Å²) in [6.45, 7) is 12.9. The van der Waals surface area contributed by atoms with Crippen LogP contribution in [0.3, 0.4) is 0 Å². The average Bonchev–Trinajstić information content (AvgIpc) is 2.34. The number of sulfonamides is 1. The van der Waals surface area contributed by atoms with Gasteiger partial charge in [0.05, 0.1) is 5.75 Å². The molecule has 0 saturated carbocycles. The molecule has 1 N–H and O–H groups in total. The Morgan fingerprint density at radius 2 is 1.95 bits per heavy atom. The molecule has 0 radical (unpaired) electrons. The number of hydrogen-bond acceptors (Lipinski definition) is 3. The van der Waals surface area contributed by atoms with Gasteiger partial charge in [-0.3, -0.25) is 0 Å². The van der Waals surface area contributed by atoms with E-state index in [0.29, 0.717) is 18.9 Å². The Morgan fingerprint density at radius 3 is 2.40 bits per heavy atom. The third kappa shape index (κ3) is 6.10. The first-order valence-corrected chi connectivity index (χ1v) is 9.43. The highest BCUT2D eigenvalue weighted by atomic mass is 32.2. The fourth-order valence-corrected chi connectivity index (χ4v) is 4.72. The predicted octanol–water partition coefficient (Wildman–Crippen LogP) is 2.46. The molecule has 0 amide bonds. The number of nitrogens with one attached hydrogen (secondary N) is 1. The van der Waals surface area contributed by atoms with Crippen molar-refractivity contribution in [3.05, 3.63) is 0 Å².